The number of benzene rings is 2. The van der Waals surface area contributed by atoms with Gasteiger partial charge in [0.1, 0.15) is 5.75 Å². The molecule has 2 N–H and O–H groups in total. The summed E-state index contributed by atoms with van der Waals surface area (Å²) in [6.45, 7) is -0.282. The van der Waals surface area contributed by atoms with Crippen LogP contribution < -0.4 is 10.2 Å². The van der Waals surface area contributed by atoms with Gasteiger partial charge in [0.15, 0.2) is 6.61 Å². The first kappa shape index (κ1) is 17.8. The number of carbonyl (C=O) groups excluding carboxylic acids is 1. The van der Waals surface area contributed by atoms with Crippen molar-refractivity contribution >= 4 is 41.3 Å². The lowest BCUT2D eigenvalue weighted by atomic mass is 10.1. The molecule has 0 bridgehead atoms. The van der Waals surface area contributed by atoms with Crippen LogP contribution in [0.2, 0.25) is 10.0 Å². The number of carbonyl (C=O) groups is 2. The molecule has 0 saturated carbocycles. The number of nitrogens with one attached hydrogen (secondary N) is 1. The number of ether oxygens (including phenoxy) is 1. The molecule has 124 valence electrons. The highest BCUT2D eigenvalue weighted by molar-refractivity contribution is 6.34. The minimum Gasteiger partial charge on any atom is -0.482 e. The quantitative estimate of drug-likeness (QED) is 0.606. The number of carboxylic acids is 1. The standard InChI is InChI=1S/C16H12Cl2N2O4/c17-12-5-6-13(18)14(7-12)24-9-15(21)20-19-8-10-1-3-11(4-2-10)16(22)23/h1-8H,9H2,(H,20,21)(H,22,23). The monoisotopic (exact) mass is 366 g/mol. The predicted octanol–water partition coefficient (Wildman–Crippen LogP) is 3.22. The summed E-state index contributed by atoms with van der Waals surface area (Å²) in [5.74, 6) is -1.19. The maximum absolute atomic E-state index is 11.6. The van der Waals surface area contributed by atoms with Gasteiger partial charge in [-0.2, -0.15) is 5.10 Å². The number of carboxylic acid groups (broad SMARTS) is 1. The minimum absolute atomic E-state index is 0.169. The van der Waals surface area contributed by atoms with E-state index in [9.17, 15) is 9.59 Å². The van der Waals surface area contributed by atoms with Crippen molar-refractivity contribution in [3.63, 3.8) is 0 Å². The fourth-order valence-corrected chi connectivity index (χ4v) is 1.99. The van der Waals surface area contributed by atoms with Gasteiger partial charge < -0.3 is 9.84 Å². The second kappa shape index (κ2) is 8.33. The molecular formula is C16H12Cl2N2O4. The summed E-state index contributed by atoms with van der Waals surface area (Å²) >= 11 is 11.7. The summed E-state index contributed by atoms with van der Waals surface area (Å²) in [4.78, 5) is 22.4. The van der Waals surface area contributed by atoms with Gasteiger partial charge in [0, 0.05) is 11.1 Å². The molecule has 24 heavy (non-hydrogen) atoms. The van der Waals surface area contributed by atoms with E-state index in [0.29, 0.717) is 21.4 Å². The van der Waals surface area contributed by atoms with Gasteiger partial charge in [0.25, 0.3) is 5.91 Å². The van der Waals surface area contributed by atoms with Crippen LogP contribution in [-0.4, -0.2) is 29.8 Å². The molecule has 0 aliphatic rings. The molecule has 0 fully saturated rings. The second-order valence-electron chi connectivity index (χ2n) is 4.58. The Bertz CT molecular complexity index is 776. The van der Waals surface area contributed by atoms with E-state index in [1.165, 1.54) is 24.4 Å². The van der Waals surface area contributed by atoms with Crippen LogP contribution >= 0.6 is 23.2 Å². The molecule has 6 nitrogen and oxygen atoms in total. The molecule has 0 heterocycles. The van der Waals surface area contributed by atoms with Crippen molar-refractivity contribution in [2.45, 2.75) is 0 Å². The SMILES string of the molecule is O=C(COc1cc(Cl)ccc1Cl)NN=Cc1ccc(C(=O)O)cc1. The van der Waals surface area contributed by atoms with E-state index in [1.807, 2.05) is 0 Å². The lowest BCUT2D eigenvalue weighted by Gasteiger charge is -2.07. The Morgan fingerprint density at radius 1 is 1.17 bits per heavy atom. The predicted molar refractivity (Wildman–Crippen MR) is 91.1 cm³/mol. The van der Waals surface area contributed by atoms with E-state index in [1.54, 1.807) is 24.3 Å². The third-order valence-electron chi connectivity index (χ3n) is 2.81. The Morgan fingerprint density at radius 2 is 1.88 bits per heavy atom. The second-order valence-corrected chi connectivity index (χ2v) is 5.43. The number of hydrazone groups is 1. The van der Waals surface area contributed by atoms with E-state index in [-0.39, 0.29) is 12.2 Å². The average Bonchev–Trinajstić information content (AvgIpc) is 2.56. The fraction of sp³-hybridized carbons (Fsp3) is 0.0625. The molecule has 1 amide bonds. The lowest BCUT2D eigenvalue weighted by Crippen LogP contribution is -2.24. The molecular weight excluding hydrogens is 355 g/mol. The normalized spacial score (nSPS) is 10.6. The number of rotatable bonds is 6. The fourth-order valence-electron chi connectivity index (χ4n) is 1.65. The van der Waals surface area contributed by atoms with Crippen LogP contribution in [-0.2, 0) is 4.79 Å². The Labute approximate surface area is 147 Å². The van der Waals surface area contributed by atoms with E-state index in [4.69, 9.17) is 33.0 Å². The van der Waals surface area contributed by atoms with Gasteiger partial charge in [-0.1, -0.05) is 35.3 Å². The zero-order valence-electron chi connectivity index (χ0n) is 12.2. The number of hydrogen-bond acceptors (Lipinski definition) is 4. The molecule has 0 radical (unpaired) electrons. The molecule has 0 unspecified atom stereocenters. The zero-order chi connectivity index (χ0) is 17.5. The molecule has 0 aliphatic carbocycles. The summed E-state index contributed by atoms with van der Waals surface area (Å²) in [6.07, 6.45) is 1.38. The van der Waals surface area contributed by atoms with E-state index >= 15 is 0 Å². The summed E-state index contributed by atoms with van der Waals surface area (Å²) < 4.78 is 5.26. The van der Waals surface area contributed by atoms with Crippen molar-refractivity contribution in [3.8, 4) is 5.75 Å². The zero-order valence-corrected chi connectivity index (χ0v) is 13.7. The maximum atomic E-state index is 11.6. The van der Waals surface area contributed by atoms with Gasteiger partial charge in [-0.3, -0.25) is 4.79 Å². The van der Waals surface area contributed by atoms with E-state index < -0.39 is 11.9 Å². The molecule has 2 aromatic carbocycles. The molecule has 0 spiro atoms. The van der Waals surface area contributed by atoms with Crippen molar-refractivity contribution in [2.75, 3.05) is 6.61 Å². The van der Waals surface area contributed by atoms with Crippen molar-refractivity contribution < 1.29 is 19.4 Å². The molecule has 0 saturated heterocycles. The van der Waals surface area contributed by atoms with Gasteiger partial charge in [0.2, 0.25) is 0 Å². The van der Waals surface area contributed by atoms with Gasteiger partial charge in [-0.25, -0.2) is 10.2 Å². The first-order valence-corrected chi connectivity index (χ1v) is 7.44. The summed E-state index contributed by atoms with van der Waals surface area (Å²) in [5.41, 5.74) is 3.09. The number of amides is 1. The summed E-state index contributed by atoms with van der Waals surface area (Å²) in [6, 6.07) is 10.7. The first-order valence-electron chi connectivity index (χ1n) is 6.69. The van der Waals surface area contributed by atoms with Crippen molar-refractivity contribution in [1.29, 1.82) is 0 Å². The Kier molecular flexibility index (Phi) is 6.17. The molecule has 0 aliphatic heterocycles. The maximum Gasteiger partial charge on any atom is 0.335 e. The highest BCUT2D eigenvalue weighted by Gasteiger charge is 2.06. The molecule has 2 aromatic rings. The van der Waals surface area contributed by atoms with Crippen LogP contribution in [0.25, 0.3) is 0 Å². The third kappa shape index (κ3) is 5.26. The number of nitrogens with zero attached hydrogens (tertiary/aromatic N) is 1. The van der Waals surface area contributed by atoms with Crippen molar-refractivity contribution in [1.82, 2.24) is 5.43 Å². The van der Waals surface area contributed by atoms with Gasteiger partial charge in [-0.05, 0) is 29.8 Å². The molecule has 8 heteroatoms. The number of hydrogen-bond donors (Lipinski definition) is 2. The minimum atomic E-state index is -1.01. The van der Waals surface area contributed by atoms with Gasteiger partial charge in [0.05, 0.1) is 16.8 Å². The Hall–Kier alpha value is -2.57. The Balaban J connectivity index is 1.84. The third-order valence-corrected chi connectivity index (χ3v) is 3.36. The number of aromatic carboxylic acids is 1. The van der Waals surface area contributed by atoms with E-state index in [0.717, 1.165) is 0 Å². The molecule has 0 aromatic heterocycles. The molecule has 2 rings (SSSR count). The largest absolute Gasteiger partial charge is 0.482 e. The van der Waals surface area contributed by atoms with Gasteiger partial charge >= 0.3 is 5.97 Å². The van der Waals surface area contributed by atoms with E-state index in [2.05, 4.69) is 10.5 Å². The molecule has 0 atom stereocenters. The average molecular weight is 367 g/mol. The smallest absolute Gasteiger partial charge is 0.335 e. The summed E-state index contributed by atoms with van der Waals surface area (Å²) in [5, 5.41) is 13.3. The highest BCUT2D eigenvalue weighted by Crippen LogP contribution is 2.27. The van der Waals surface area contributed by atoms with Crippen molar-refractivity contribution in [2.24, 2.45) is 5.10 Å². The van der Waals surface area contributed by atoms with Crippen LogP contribution in [0.1, 0.15) is 15.9 Å². The first-order chi connectivity index (χ1) is 11.5. The number of halogens is 2. The van der Waals surface area contributed by atoms with Crippen LogP contribution in [0.4, 0.5) is 0 Å². The van der Waals surface area contributed by atoms with Crippen LogP contribution in [0.5, 0.6) is 5.75 Å². The van der Waals surface area contributed by atoms with Crippen LogP contribution in [0, 0.1) is 0 Å². The van der Waals surface area contributed by atoms with Gasteiger partial charge in [-0.15, -0.1) is 0 Å². The van der Waals surface area contributed by atoms with Crippen LogP contribution in [0.15, 0.2) is 47.6 Å². The highest BCUT2D eigenvalue weighted by atomic mass is 35.5. The Morgan fingerprint density at radius 3 is 2.54 bits per heavy atom. The van der Waals surface area contributed by atoms with Crippen LogP contribution in [0.3, 0.4) is 0 Å². The van der Waals surface area contributed by atoms with Crippen molar-refractivity contribution in [3.05, 3.63) is 63.6 Å². The lowest BCUT2D eigenvalue weighted by molar-refractivity contribution is -0.123. The summed E-state index contributed by atoms with van der Waals surface area (Å²) in [7, 11) is 0. The topological polar surface area (TPSA) is 88.0 Å².